The number of hydrazine groups is 1. The van der Waals surface area contributed by atoms with E-state index >= 15 is 0 Å². The Balaban J connectivity index is 2.12. The highest BCUT2D eigenvalue weighted by Crippen LogP contribution is 2.28. The van der Waals surface area contributed by atoms with Crippen LogP contribution >= 0.6 is 12.2 Å². The third-order valence-electron chi connectivity index (χ3n) is 2.62. The fourth-order valence-corrected chi connectivity index (χ4v) is 2.18. The minimum absolute atomic E-state index is 0.0126. The molecule has 1 unspecified atom stereocenters. The number of thiocarbonyl (C=S) groups is 1. The fourth-order valence-electron chi connectivity index (χ4n) is 1.91. The topological polar surface area (TPSA) is 46.5 Å². The standard InChI is InChI=1S/C8H10N6S/c1-12-6-5(3-10-12)7-13(2)11-8(15)14(7)4-9-6/h3-4,6H,1-2H3,(H,11,15). The lowest BCUT2D eigenvalue weighted by Crippen LogP contribution is -2.34. The molecule has 6 nitrogen and oxygen atoms in total. The van der Waals surface area contributed by atoms with Crippen LogP contribution in [-0.4, -0.2) is 52.8 Å². The van der Waals surface area contributed by atoms with Gasteiger partial charge in [-0.3, -0.25) is 20.3 Å². The predicted molar refractivity (Wildman–Crippen MR) is 60.9 cm³/mol. The Morgan fingerprint density at radius 2 is 2.27 bits per heavy atom. The van der Waals surface area contributed by atoms with E-state index in [1.807, 2.05) is 35.2 Å². The minimum atomic E-state index is -0.0126. The number of rotatable bonds is 0. The van der Waals surface area contributed by atoms with Crippen LogP contribution in [0.5, 0.6) is 0 Å². The smallest absolute Gasteiger partial charge is 0.199 e. The lowest BCUT2D eigenvalue weighted by molar-refractivity contribution is 0.298. The maximum atomic E-state index is 5.17. The van der Waals surface area contributed by atoms with Crippen LogP contribution in [0.1, 0.15) is 0 Å². The van der Waals surface area contributed by atoms with Gasteiger partial charge in [0.05, 0.1) is 11.8 Å². The molecule has 15 heavy (non-hydrogen) atoms. The molecule has 0 bridgehead atoms. The maximum absolute atomic E-state index is 5.17. The van der Waals surface area contributed by atoms with Crippen molar-refractivity contribution in [3.05, 3.63) is 11.4 Å². The molecule has 1 N–H and O–H groups in total. The van der Waals surface area contributed by atoms with E-state index in [0.29, 0.717) is 5.11 Å². The first-order valence-electron chi connectivity index (χ1n) is 4.56. The molecule has 1 atom stereocenters. The highest BCUT2D eigenvalue weighted by Gasteiger charge is 2.37. The Kier molecular flexibility index (Phi) is 1.55. The number of nitrogens with zero attached hydrogens (tertiary/aromatic N) is 5. The fraction of sp³-hybridized carbons (Fsp3) is 0.375. The summed E-state index contributed by atoms with van der Waals surface area (Å²) in [6.07, 6.45) is 3.56. The molecule has 7 heteroatoms. The molecule has 0 aromatic heterocycles. The van der Waals surface area contributed by atoms with Crippen molar-refractivity contribution in [3.63, 3.8) is 0 Å². The molecule has 0 aromatic carbocycles. The molecule has 0 radical (unpaired) electrons. The van der Waals surface area contributed by atoms with Gasteiger partial charge in [0.15, 0.2) is 11.3 Å². The van der Waals surface area contributed by atoms with Crippen molar-refractivity contribution in [1.29, 1.82) is 0 Å². The van der Waals surface area contributed by atoms with Gasteiger partial charge in [-0.25, -0.2) is 4.99 Å². The Labute approximate surface area is 92.5 Å². The summed E-state index contributed by atoms with van der Waals surface area (Å²) in [4.78, 5) is 6.24. The minimum Gasteiger partial charge on any atom is -0.272 e. The molecule has 0 aromatic rings. The Bertz CT molecular complexity index is 425. The van der Waals surface area contributed by atoms with Gasteiger partial charge >= 0.3 is 0 Å². The quantitative estimate of drug-likeness (QED) is 0.562. The van der Waals surface area contributed by atoms with Gasteiger partial charge in [-0.2, -0.15) is 5.10 Å². The van der Waals surface area contributed by atoms with Crippen molar-refractivity contribution < 1.29 is 0 Å². The SMILES string of the molecule is CN1NC(=S)N2C=NC3C(=C12)C=NN3C. The van der Waals surface area contributed by atoms with Crippen LogP contribution in [0, 0.1) is 0 Å². The first-order chi connectivity index (χ1) is 7.18. The normalized spacial score (nSPS) is 27.5. The van der Waals surface area contributed by atoms with Gasteiger partial charge in [0, 0.05) is 14.1 Å². The average Bonchev–Trinajstić information content (AvgIpc) is 2.70. The molecular weight excluding hydrogens is 212 g/mol. The van der Waals surface area contributed by atoms with Crippen molar-refractivity contribution in [1.82, 2.24) is 20.3 Å². The lowest BCUT2D eigenvalue weighted by atomic mass is 10.2. The second kappa shape index (κ2) is 2.69. The van der Waals surface area contributed by atoms with Gasteiger partial charge in [-0.05, 0) is 12.2 Å². The number of fused-ring (bicyclic) bond motifs is 2. The second-order valence-electron chi connectivity index (χ2n) is 3.58. The molecule has 3 aliphatic heterocycles. The van der Waals surface area contributed by atoms with Crippen LogP contribution in [0.4, 0.5) is 0 Å². The van der Waals surface area contributed by atoms with E-state index in [4.69, 9.17) is 12.2 Å². The summed E-state index contributed by atoms with van der Waals surface area (Å²) in [5, 5.41) is 8.57. The zero-order valence-electron chi connectivity index (χ0n) is 8.38. The van der Waals surface area contributed by atoms with E-state index in [-0.39, 0.29) is 6.17 Å². The summed E-state index contributed by atoms with van der Waals surface area (Å²) in [5.74, 6) is 1.01. The van der Waals surface area contributed by atoms with Crippen LogP contribution in [-0.2, 0) is 0 Å². The van der Waals surface area contributed by atoms with Crippen molar-refractivity contribution in [3.8, 4) is 0 Å². The van der Waals surface area contributed by atoms with Gasteiger partial charge in [-0.1, -0.05) is 0 Å². The number of hydrogen-bond acceptors (Lipinski definition) is 5. The zero-order chi connectivity index (χ0) is 10.6. The van der Waals surface area contributed by atoms with Gasteiger partial charge in [0.25, 0.3) is 0 Å². The molecule has 0 amide bonds. The second-order valence-corrected chi connectivity index (χ2v) is 3.97. The van der Waals surface area contributed by atoms with Crippen LogP contribution in [0.3, 0.4) is 0 Å². The van der Waals surface area contributed by atoms with Gasteiger partial charge in [-0.15, -0.1) is 0 Å². The zero-order valence-corrected chi connectivity index (χ0v) is 9.19. The van der Waals surface area contributed by atoms with Gasteiger partial charge in [0.1, 0.15) is 12.2 Å². The van der Waals surface area contributed by atoms with Crippen LogP contribution in [0.2, 0.25) is 0 Å². The number of nitrogens with one attached hydrogen (secondary N) is 1. The molecule has 0 aliphatic carbocycles. The van der Waals surface area contributed by atoms with Gasteiger partial charge < -0.3 is 0 Å². The highest BCUT2D eigenvalue weighted by atomic mass is 32.1. The first kappa shape index (κ1) is 8.66. The molecule has 3 rings (SSSR count). The van der Waals surface area contributed by atoms with E-state index in [1.54, 1.807) is 6.34 Å². The van der Waals surface area contributed by atoms with E-state index in [9.17, 15) is 0 Å². The molecule has 3 aliphatic rings. The number of aliphatic imine (C=N–C) groups is 1. The Morgan fingerprint density at radius 3 is 3.07 bits per heavy atom. The molecule has 0 saturated carbocycles. The maximum Gasteiger partial charge on any atom is 0.199 e. The largest absolute Gasteiger partial charge is 0.272 e. The molecule has 3 heterocycles. The number of hydrazone groups is 1. The molecule has 1 saturated heterocycles. The van der Waals surface area contributed by atoms with Gasteiger partial charge in [0.2, 0.25) is 0 Å². The number of hydrogen-bond donors (Lipinski definition) is 1. The summed E-state index contributed by atoms with van der Waals surface area (Å²) in [6, 6.07) is 0. The molecule has 78 valence electrons. The monoisotopic (exact) mass is 222 g/mol. The summed E-state index contributed by atoms with van der Waals surface area (Å²) in [6.45, 7) is 0. The van der Waals surface area contributed by atoms with Crippen molar-refractivity contribution in [2.75, 3.05) is 14.1 Å². The third-order valence-corrected chi connectivity index (χ3v) is 2.91. The number of likely N-dealkylation sites (N-methyl/N-ethyl adjacent to an activating group) is 1. The summed E-state index contributed by atoms with van der Waals surface area (Å²) >= 11 is 5.17. The third kappa shape index (κ3) is 1.01. The molecule has 1 fully saturated rings. The van der Waals surface area contributed by atoms with Crippen LogP contribution < -0.4 is 5.43 Å². The first-order valence-corrected chi connectivity index (χ1v) is 4.97. The predicted octanol–water partition coefficient (Wildman–Crippen LogP) is -0.466. The van der Waals surface area contributed by atoms with Crippen molar-refractivity contribution in [2.24, 2.45) is 10.1 Å². The van der Waals surface area contributed by atoms with E-state index in [2.05, 4.69) is 15.5 Å². The van der Waals surface area contributed by atoms with E-state index < -0.39 is 0 Å². The van der Waals surface area contributed by atoms with Crippen molar-refractivity contribution >= 4 is 29.9 Å². The van der Waals surface area contributed by atoms with Crippen LogP contribution in [0.15, 0.2) is 21.5 Å². The lowest BCUT2D eigenvalue weighted by Gasteiger charge is -2.25. The van der Waals surface area contributed by atoms with Crippen LogP contribution in [0.25, 0.3) is 0 Å². The average molecular weight is 222 g/mol. The highest BCUT2D eigenvalue weighted by molar-refractivity contribution is 7.80. The Morgan fingerprint density at radius 1 is 1.47 bits per heavy atom. The van der Waals surface area contributed by atoms with E-state index in [1.165, 1.54) is 0 Å². The summed E-state index contributed by atoms with van der Waals surface area (Å²) in [7, 11) is 3.83. The Hall–Kier alpha value is -1.63. The molecule has 0 spiro atoms. The van der Waals surface area contributed by atoms with E-state index in [0.717, 1.165) is 11.4 Å². The molecular formula is C8H10N6S. The summed E-state index contributed by atoms with van der Waals surface area (Å²) in [5.41, 5.74) is 4.11. The van der Waals surface area contributed by atoms with Crippen molar-refractivity contribution in [2.45, 2.75) is 6.17 Å². The summed E-state index contributed by atoms with van der Waals surface area (Å²) < 4.78 is 0.